The lowest BCUT2D eigenvalue weighted by Gasteiger charge is -2.27. The fourth-order valence-electron chi connectivity index (χ4n) is 4.34. The van der Waals surface area contributed by atoms with E-state index in [1.54, 1.807) is 43.3 Å². The second kappa shape index (κ2) is 9.38. The van der Waals surface area contributed by atoms with Gasteiger partial charge in [-0.25, -0.2) is 9.78 Å². The Kier molecular flexibility index (Phi) is 5.97. The Morgan fingerprint density at radius 2 is 1.71 bits per heavy atom. The Balaban J connectivity index is 1.42. The number of ether oxygens (including phenoxy) is 1. The molecule has 1 aromatic heterocycles. The topological polar surface area (TPSA) is 88.6 Å². The number of rotatable bonds is 4. The fourth-order valence-corrected chi connectivity index (χ4v) is 4.34. The number of nitrogens with one attached hydrogen (secondary N) is 1. The Morgan fingerprint density at radius 1 is 1.00 bits per heavy atom. The van der Waals surface area contributed by atoms with E-state index >= 15 is 0 Å². The third kappa shape index (κ3) is 4.48. The third-order valence-corrected chi connectivity index (χ3v) is 5.96. The summed E-state index contributed by atoms with van der Waals surface area (Å²) in [5, 5.41) is 3.47. The maximum Gasteiger partial charge on any atom is 0.339 e. The number of hydrogen-bond acceptors (Lipinski definition) is 5. The average molecular weight is 466 g/mol. The standard InChI is InChI=1S/C28H23N3O4/c1-18-15-26(32)30-23-13-7-8-14-25(23)31(18)27(33)17-35-28(34)21-16-24(19-9-3-2-4-10-19)29-22-12-6-5-11-20(21)22/h2-14,16,18H,15,17H2,1H3,(H,30,32). The van der Waals surface area contributed by atoms with Crippen molar-refractivity contribution in [2.45, 2.75) is 19.4 Å². The van der Waals surface area contributed by atoms with Crippen LogP contribution in [0.5, 0.6) is 0 Å². The number of hydrogen-bond donors (Lipinski definition) is 1. The summed E-state index contributed by atoms with van der Waals surface area (Å²) in [5.74, 6) is -1.19. The lowest BCUT2D eigenvalue weighted by molar-refractivity contribution is -0.122. The van der Waals surface area contributed by atoms with Gasteiger partial charge in [0.05, 0.1) is 28.1 Å². The number of benzene rings is 3. The van der Waals surface area contributed by atoms with E-state index in [0.717, 1.165) is 5.56 Å². The Morgan fingerprint density at radius 3 is 2.54 bits per heavy atom. The van der Waals surface area contributed by atoms with E-state index in [1.165, 1.54) is 4.90 Å². The predicted molar refractivity (Wildman–Crippen MR) is 134 cm³/mol. The van der Waals surface area contributed by atoms with Gasteiger partial charge in [0.1, 0.15) is 0 Å². The third-order valence-electron chi connectivity index (χ3n) is 5.96. The van der Waals surface area contributed by atoms with E-state index in [-0.39, 0.29) is 12.3 Å². The van der Waals surface area contributed by atoms with Crippen LogP contribution >= 0.6 is 0 Å². The number of esters is 1. The van der Waals surface area contributed by atoms with Crippen LogP contribution in [0.3, 0.4) is 0 Å². The monoisotopic (exact) mass is 465 g/mol. The molecule has 174 valence electrons. The van der Waals surface area contributed by atoms with Crippen LogP contribution in [0, 0.1) is 0 Å². The van der Waals surface area contributed by atoms with Crippen molar-refractivity contribution >= 4 is 40.1 Å². The zero-order chi connectivity index (χ0) is 24.4. The number of carbonyl (C=O) groups is 3. The van der Waals surface area contributed by atoms with Crippen LogP contribution in [0.1, 0.15) is 23.7 Å². The Bertz CT molecular complexity index is 1430. The maximum atomic E-state index is 13.2. The summed E-state index contributed by atoms with van der Waals surface area (Å²) in [6.07, 6.45) is 0.143. The molecule has 0 spiro atoms. The van der Waals surface area contributed by atoms with Crippen molar-refractivity contribution in [2.24, 2.45) is 0 Å². The first-order valence-electron chi connectivity index (χ1n) is 11.3. The summed E-state index contributed by atoms with van der Waals surface area (Å²) in [6.45, 7) is 1.34. The Hall–Kier alpha value is -4.52. The minimum atomic E-state index is -0.612. The molecule has 1 unspecified atom stereocenters. The zero-order valence-corrected chi connectivity index (χ0v) is 19.1. The first kappa shape index (κ1) is 22.3. The van der Waals surface area contributed by atoms with Gasteiger partial charge in [0, 0.05) is 23.4 Å². The SMILES string of the molecule is CC1CC(=O)Nc2ccccc2N1C(=O)COC(=O)c1cc(-c2ccccc2)nc2ccccc12. The van der Waals surface area contributed by atoms with Gasteiger partial charge in [0.2, 0.25) is 5.91 Å². The molecule has 35 heavy (non-hydrogen) atoms. The molecule has 0 fully saturated rings. The molecule has 1 N–H and O–H groups in total. The van der Waals surface area contributed by atoms with E-state index in [2.05, 4.69) is 10.3 Å². The van der Waals surface area contributed by atoms with Crippen LogP contribution in [-0.2, 0) is 14.3 Å². The van der Waals surface area contributed by atoms with Crippen molar-refractivity contribution < 1.29 is 19.1 Å². The normalized spacial score (nSPS) is 15.2. The van der Waals surface area contributed by atoms with E-state index in [1.807, 2.05) is 48.5 Å². The lowest BCUT2D eigenvalue weighted by Crippen LogP contribution is -2.41. The van der Waals surface area contributed by atoms with Gasteiger partial charge in [-0.15, -0.1) is 0 Å². The summed E-state index contributed by atoms with van der Waals surface area (Å²) in [4.78, 5) is 44.8. The fraction of sp³-hybridized carbons (Fsp3) is 0.143. The zero-order valence-electron chi connectivity index (χ0n) is 19.1. The van der Waals surface area contributed by atoms with Crippen LogP contribution in [-0.4, -0.2) is 35.4 Å². The van der Waals surface area contributed by atoms with Gasteiger partial charge >= 0.3 is 5.97 Å². The highest BCUT2D eigenvalue weighted by atomic mass is 16.5. The smallest absolute Gasteiger partial charge is 0.339 e. The first-order valence-corrected chi connectivity index (χ1v) is 11.3. The number of carbonyl (C=O) groups excluding carboxylic acids is 3. The van der Waals surface area contributed by atoms with E-state index in [9.17, 15) is 14.4 Å². The molecular formula is C28H23N3O4. The van der Waals surface area contributed by atoms with E-state index in [0.29, 0.717) is 33.5 Å². The summed E-state index contributed by atoms with van der Waals surface area (Å²) < 4.78 is 5.51. The van der Waals surface area contributed by atoms with E-state index in [4.69, 9.17) is 4.74 Å². The van der Waals surface area contributed by atoms with Crippen LogP contribution in [0.4, 0.5) is 11.4 Å². The van der Waals surface area contributed by atoms with Crippen molar-refractivity contribution in [1.82, 2.24) is 4.98 Å². The summed E-state index contributed by atoms with van der Waals surface area (Å²) in [6, 6.07) is 25.3. The number of amides is 2. The van der Waals surface area contributed by atoms with Gasteiger partial charge in [-0.05, 0) is 31.2 Å². The molecule has 1 aliphatic rings. The lowest BCUT2D eigenvalue weighted by atomic mass is 10.0. The largest absolute Gasteiger partial charge is 0.452 e. The number of anilines is 2. The molecular weight excluding hydrogens is 442 g/mol. The summed E-state index contributed by atoms with van der Waals surface area (Å²) >= 11 is 0. The minimum absolute atomic E-state index is 0.143. The molecule has 2 heterocycles. The molecule has 5 rings (SSSR count). The van der Waals surface area contributed by atoms with Gasteiger partial charge in [-0.3, -0.25) is 9.59 Å². The molecule has 1 aliphatic heterocycles. The van der Waals surface area contributed by atoms with Crippen molar-refractivity contribution in [3.8, 4) is 11.3 Å². The number of nitrogens with zero attached hydrogens (tertiary/aromatic N) is 2. The van der Waals surface area contributed by atoms with Gasteiger partial charge in [-0.2, -0.15) is 0 Å². The van der Waals surface area contributed by atoms with Crippen molar-refractivity contribution in [2.75, 3.05) is 16.8 Å². The Labute approximate surface area is 202 Å². The molecule has 0 radical (unpaired) electrons. The summed E-state index contributed by atoms with van der Waals surface area (Å²) in [5.41, 5.74) is 3.63. The van der Waals surface area contributed by atoms with E-state index < -0.39 is 24.5 Å². The van der Waals surface area contributed by atoms with Crippen LogP contribution in [0.15, 0.2) is 84.9 Å². The average Bonchev–Trinajstić information content (AvgIpc) is 3.01. The van der Waals surface area contributed by atoms with Gasteiger partial charge in [0.15, 0.2) is 6.61 Å². The van der Waals surface area contributed by atoms with Crippen molar-refractivity contribution in [3.63, 3.8) is 0 Å². The molecule has 7 heteroatoms. The second-order valence-corrected chi connectivity index (χ2v) is 8.40. The molecule has 2 amide bonds. The minimum Gasteiger partial charge on any atom is -0.452 e. The van der Waals surface area contributed by atoms with Crippen molar-refractivity contribution in [1.29, 1.82) is 0 Å². The highest BCUT2D eigenvalue weighted by molar-refractivity contribution is 6.07. The molecule has 0 aliphatic carbocycles. The second-order valence-electron chi connectivity index (χ2n) is 8.40. The molecule has 4 aromatic rings. The molecule has 0 saturated heterocycles. The van der Waals surface area contributed by atoms with Gasteiger partial charge < -0.3 is 15.0 Å². The first-order chi connectivity index (χ1) is 17.0. The van der Waals surface area contributed by atoms with Crippen LogP contribution in [0.25, 0.3) is 22.2 Å². The maximum absolute atomic E-state index is 13.2. The van der Waals surface area contributed by atoms with Gasteiger partial charge in [-0.1, -0.05) is 60.7 Å². The van der Waals surface area contributed by atoms with Crippen LogP contribution < -0.4 is 10.2 Å². The highest BCUT2D eigenvalue weighted by Gasteiger charge is 2.30. The van der Waals surface area contributed by atoms with Gasteiger partial charge in [0.25, 0.3) is 5.91 Å². The molecule has 0 saturated carbocycles. The van der Waals surface area contributed by atoms with Crippen molar-refractivity contribution in [3.05, 3.63) is 90.5 Å². The molecule has 1 atom stereocenters. The summed E-state index contributed by atoms with van der Waals surface area (Å²) in [7, 11) is 0. The highest BCUT2D eigenvalue weighted by Crippen LogP contribution is 2.31. The van der Waals surface area contributed by atoms with Crippen LogP contribution in [0.2, 0.25) is 0 Å². The number of pyridine rings is 1. The molecule has 0 bridgehead atoms. The number of aromatic nitrogens is 1. The quantitative estimate of drug-likeness (QED) is 0.437. The number of para-hydroxylation sites is 3. The number of fused-ring (bicyclic) bond motifs is 2. The molecule has 7 nitrogen and oxygen atoms in total. The molecule has 3 aromatic carbocycles. The predicted octanol–water partition coefficient (Wildman–Crippen LogP) is 4.82.